The molecule has 3 heterocycles. The SMILES string of the molecule is COc1ccc2sc(-c3nc(C4CNCCN4C)no3)c(C)c2c1.Cl. The van der Waals surface area contributed by atoms with E-state index in [1.807, 2.05) is 6.07 Å². The lowest BCUT2D eigenvalue weighted by Gasteiger charge is -2.30. The monoisotopic (exact) mass is 380 g/mol. The molecule has 0 spiro atoms. The maximum atomic E-state index is 5.58. The van der Waals surface area contributed by atoms with Gasteiger partial charge < -0.3 is 14.6 Å². The highest BCUT2D eigenvalue weighted by atomic mass is 35.5. The standard InChI is InChI=1S/C17H20N4O2S.ClH/c1-10-12-8-11(22-3)4-5-14(12)24-15(10)17-19-16(20-23-17)13-9-18-6-7-21(13)2;/h4-5,8,13,18H,6-7,9H2,1-3H3;1H. The number of aromatic nitrogens is 2. The molecule has 25 heavy (non-hydrogen) atoms. The average Bonchev–Trinajstić information content (AvgIpc) is 3.20. The Bertz CT molecular complexity index is 879. The third kappa shape index (κ3) is 3.25. The number of methoxy groups -OCH3 is 1. The number of aryl methyl sites for hydroxylation is 1. The summed E-state index contributed by atoms with van der Waals surface area (Å²) in [6, 6.07) is 6.27. The number of hydrogen-bond acceptors (Lipinski definition) is 7. The molecule has 1 aromatic carbocycles. The first-order valence-electron chi connectivity index (χ1n) is 7.99. The Hall–Kier alpha value is -1.67. The number of fused-ring (bicyclic) bond motifs is 1. The molecule has 0 amide bonds. The number of halogens is 1. The summed E-state index contributed by atoms with van der Waals surface area (Å²) in [5, 5.41) is 8.78. The molecule has 1 saturated heterocycles. The zero-order valence-corrected chi connectivity index (χ0v) is 16.0. The Balaban J connectivity index is 0.00000182. The normalized spacial score (nSPS) is 18.3. The Morgan fingerprint density at radius 3 is 3.00 bits per heavy atom. The van der Waals surface area contributed by atoms with Gasteiger partial charge in [-0.1, -0.05) is 5.16 Å². The van der Waals surface area contributed by atoms with E-state index in [0.29, 0.717) is 5.89 Å². The van der Waals surface area contributed by atoms with Crippen LogP contribution in [0, 0.1) is 6.92 Å². The van der Waals surface area contributed by atoms with E-state index in [1.54, 1.807) is 18.4 Å². The van der Waals surface area contributed by atoms with Gasteiger partial charge in [0.25, 0.3) is 5.89 Å². The van der Waals surface area contributed by atoms with Gasteiger partial charge in [-0.2, -0.15) is 4.98 Å². The van der Waals surface area contributed by atoms with E-state index in [-0.39, 0.29) is 18.4 Å². The zero-order chi connectivity index (χ0) is 16.7. The maximum Gasteiger partial charge on any atom is 0.268 e. The minimum atomic E-state index is 0. The van der Waals surface area contributed by atoms with E-state index in [2.05, 4.69) is 46.5 Å². The van der Waals surface area contributed by atoms with Crippen LogP contribution >= 0.6 is 23.7 Å². The van der Waals surface area contributed by atoms with Gasteiger partial charge in [-0.05, 0) is 43.1 Å². The number of nitrogens with one attached hydrogen (secondary N) is 1. The highest BCUT2D eigenvalue weighted by molar-refractivity contribution is 7.22. The van der Waals surface area contributed by atoms with Crippen LogP contribution in [0.3, 0.4) is 0 Å². The summed E-state index contributed by atoms with van der Waals surface area (Å²) in [5.74, 6) is 2.20. The van der Waals surface area contributed by atoms with E-state index in [9.17, 15) is 0 Å². The number of nitrogens with zero attached hydrogens (tertiary/aromatic N) is 3. The summed E-state index contributed by atoms with van der Waals surface area (Å²) < 4.78 is 12.1. The number of ether oxygens (including phenoxy) is 1. The smallest absolute Gasteiger partial charge is 0.268 e. The van der Waals surface area contributed by atoms with Crippen molar-refractivity contribution >= 4 is 33.8 Å². The molecule has 1 fully saturated rings. The second-order valence-corrected chi connectivity index (χ2v) is 7.13. The van der Waals surface area contributed by atoms with Crippen LogP contribution in [0.5, 0.6) is 5.75 Å². The number of likely N-dealkylation sites (N-methyl/N-ethyl adjacent to an activating group) is 1. The number of rotatable bonds is 3. The van der Waals surface area contributed by atoms with Crippen molar-refractivity contribution in [1.82, 2.24) is 20.4 Å². The van der Waals surface area contributed by atoms with E-state index < -0.39 is 0 Å². The second-order valence-electron chi connectivity index (χ2n) is 6.08. The molecular weight excluding hydrogens is 360 g/mol. The Labute approximate surface area is 156 Å². The van der Waals surface area contributed by atoms with Gasteiger partial charge in [0.05, 0.1) is 18.0 Å². The van der Waals surface area contributed by atoms with Crippen LogP contribution in [0.2, 0.25) is 0 Å². The maximum absolute atomic E-state index is 5.58. The molecule has 3 aromatic rings. The lowest BCUT2D eigenvalue weighted by Crippen LogP contribution is -2.44. The third-order valence-corrected chi connectivity index (χ3v) is 5.85. The van der Waals surface area contributed by atoms with Gasteiger partial charge in [0, 0.05) is 24.3 Å². The van der Waals surface area contributed by atoms with E-state index >= 15 is 0 Å². The molecule has 1 N–H and O–H groups in total. The summed E-state index contributed by atoms with van der Waals surface area (Å²) in [6.07, 6.45) is 0. The fraction of sp³-hybridized carbons (Fsp3) is 0.412. The summed E-state index contributed by atoms with van der Waals surface area (Å²) in [5.41, 5.74) is 1.15. The molecular formula is C17H21ClN4O2S. The molecule has 0 saturated carbocycles. The van der Waals surface area contributed by atoms with Crippen molar-refractivity contribution < 1.29 is 9.26 Å². The zero-order valence-electron chi connectivity index (χ0n) is 14.4. The van der Waals surface area contributed by atoms with Crippen LogP contribution in [-0.4, -0.2) is 48.8 Å². The molecule has 6 nitrogen and oxygen atoms in total. The van der Waals surface area contributed by atoms with E-state index in [1.165, 1.54) is 10.1 Å². The highest BCUT2D eigenvalue weighted by Gasteiger charge is 2.26. The molecule has 1 atom stereocenters. The van der Waals surface area contributed by atoms with Crippen LogP contribution in [0.4, 0.5) is 0 Å². The van der Waals surface area contributed by atoms with Gasteiger partial charge in [-0.3, -0.25) is 4.90 Å². The van der Waals surface area contributed by atoms with Crippen LogP contribution in [0.1, 0.15) is 17.4 Å². The van der Waals surface area contributed by atoms with Gasteiger partial charge in [-0.15, -0.1) is 23.7 Å². The molecule has 1 aliphatic heterocycles. The second kappa shape index (κ2) is 7.29. The summed E-state index contributed by atoms with van der Waals surface area (Å²) in [7, 11) is 3.78. The fourth-order valence-corrected chi connectivity index (χ4v) is 4.20. The largest absolute Gasteiger partial charge is 0.497 e. The molecule has 134 valence electrons. The van der Waals surface area contributed by atoms with Gasteiger partial charge in [0.15, 0.2) is 5.82 Å². The first-order chi connectivity index (χ1) is 11.7. The minimum absolute atomic E-state index is 0. The van der Waals surface area contributed by atoms with Crippen molar-refractivity contribution in [2.24, 2.45) is 0 Å². The number of benzene rings is 1. The van der Waals surface area contributed by atoms with Gasteiger partial charge in [-0.25, -0.2) is 0 Å². The van der Waals surface area contributed by atoms with Gasteiger partial charge in [0.2, 0.25) is 0 Å². The van der Waals surface area contributed by atoms with Gasteiger partial charge >= 0.3 is 0 Å². The van der Waals surface area contributed by atoms with Crippen molar-refractivity contribution in [3.63, 3.8) is 0 Å². The predicted molar refractivity (Wildman–Crippen MR) is 102 cm³/mol. The quantitative estimate of drug-likeness (QED) is 0.752. The number of piperazine rings is 1. The molecule has 8 heteroatoms. The van der Waals surface area contributed by atoms with E-state index in [0.717, 1.165) is 41.6 Å². The molecule has 4 rings (SSSR count). The first kappa shape index (κ1) is 18.1. The molecule has 0 bridgehead atoms. The van der Waals surface area contributed by atoms with Crippen LogP contribution < -0.4 is 10.1 Å². The van der Waals surface area contributed by atoms with Crippen LogP contribution in [-0.2, 0) is 0 Å². The molecule has 2 aromatic heterocycles. The molecule has 1 aliphatic rings. The predicted octanol–water partition coefficient (Wildman–Crippen LogP) is 3.27. The lowest BCUT2D eigenvalue weighted by atomic mass is 10.1. The summed E-state index contributed by atoms with van der Waals surface area (Å²) in [6.45, 7) is 4.91. The van der Waals surface area contributed by atoms with Crippen LogP contribution in [0.25, 0.3) is 20.9 Å². The summed E-state index contributed by atoms with van der Waals surface area (Å²) >= 11 is 1.68. The fourth-order valence-electron chi connectivity index (χ4n) is 3.09. The van der Waals surface area contributed by atoms with Crippen LogP contribution in [0.15, 0.2) is 22.7 Å². The van der Waals surface area contributed by atoms with Crippen molar-refractivity contribution in [3.8, 4) is 16.5 Å². The number of hydrogen-bond donors (Lipinski definition) is 1. The Morgan fingerprint density at radius 2 is 2.24 bits per heavy atom. The lowest BCUT2D eigenvalue weighted by molar-refractivity contribution is 0.190. The summed E-state index contributed by atoms with van der Waals surface area (Å²) in [4.78, 5) is 7.96. The topological polar surface area (TPSA) is 63.4 Å². The highest BCUT2D eigenvalue weighted by Crippen LogP contribution is 2.39. The van der Waals surface area contributed by atoms with Crippen molar-refractivity contribution in [2.75, 3.05) is 33.8 Å². The molecule has 1 unspecified atom stereocenters. The third-order valence-electron chi connectivity index (χ3n) is 4.59. The van der Waals surface area contributed by atoms with Crippen molar-refractivity contribution in [1.29, 1.82) is 0 Å². The Kier molecular flexibility index (Phi) is 5.29. The number of thiophene rings is 1. The van der Waals surface area contributed by atoms with Crippen molar-refractivity contribution in [3.05, 3.63) is 29.6 Å². The molecule has 0 radical (unpaired) electrons. The Morgan fingerprint density at radius 1 is 1.40 bits per heavy atom. The van der Waals surface area contributed by atoms with Crippen molar-refractivity contribution in [2.45, 2.75) is 13.0 Å². The first-order valence-corrected chi connectivity index (χ1v) is 8.81. The van der Waals surface area contributed by atoms with Gasteiger partial charge in [0.1, 0.15) is 5.75 Å². The average molecular weight is 381 g/mol. The van der Waals surface area contributed by atoms with E-state index in [4.69, 9.17) is 9.26 Å². The minimum Gasteiger partial charge on any atom is -0.497 e. The molecule has 0 aliphatic carbocycles.